The molecule has 0 aliphatic carbocycles. The van der Waals surface area contributed by atoms with Gasteiger partial charge in [-0.3, -0.25) is 4.90 Å². The lowest BCUT2D eigenvalue weighted by molar-refractivity contribution is 0.0950. The predicted octanol–water partition coefficient (Wildman–Crippen LogP) is 2.90. The molecule has 0 aromatic rings. The van der Waals surface area contributed by atoms with Gasteiger partial charge in [0.2, 0.25) is 0 Å². The molecule has 0 amide bonds. The number of nitrogens with zero attached hydrogens (tertiary/aromatic N) is 1. The maximum atomic E-state index is 12.2. The molecule has 1 heterocycles. The topological polar surface area (TPSA) is 12.5 Å². The maximum absolute atomic E-state index is 12.2. The first-order chi connectivity index (χ1) is 7.15. The third kappa shape index (κ3) is 4.71. The zero-order valence-corrected chi connectivity index (χ0v) is 10.0. The van der Waals surface area contributed by atoms with Crippen LogP contribution in [0.1, 0.15) is 27.2 Å². The summed E-state index contributed by atoms with van der Waals surface area (Å²) in [7, 11) is 1.85. The first kappa shape index (κ1) is 14.5. The Morgan fingerprint density at radius 3 is 2.47 bits per heavy atom. The number of likely N-dealkylation sites (tertiary alicyclic amines) is 1. The molecule has 0 saturated carbocycles. The lowest BCUT2D eigenvalue weighted by Crippen LogP contribution is -2.29. The van der Waals surface area contributed by atoms with E-state index < -0.39 is 6.08 Å². The minimum absolute atomic E-state index is 0.122. The van der Waals surface area contributed by atoms with Crippen LogP contribution in [0.5, 0.6) is 0 Å². The van der Waals surface area contributed by atoms with Gasteiger partial charge in [-0.15, -0.1) is 0 Å². The number of hydrogen-bond acceptors (Lipinski definition) is 2. The summed E-state index contributed by atoms with van der Waals surface area (Å²) in [4.78, 5) is 1.91. The fourth-order valence-corrected chi connectivity index (χ4v) is 1.51. The van der Waals surface area contributed by atoms with Gasteiger partial charge < -0.3 is 4.74 Å². The Bertz CT molecular complexity index is 203. The number of likely N-dealkylation sites (N-methyl/N-ethyl adjacent to an activating group) is 1. The van der Waals surface area contributed by atoms with Crippen molar-refractivity contribution in [3.05, 3.63) is 11.7 Å². The van der Waals surface area contributed by atoms with E-state index in [4.69, 9.17) is 4.74 Å². The van der Waals surface area contributed by atoms with Crippen molar-refractivity contribution in [1.29, 1.82) is 0 Å². The second-order valence-corrected chi connectivity index (χ2v) is 3.30. The van der Waals surface area contributed by atoms with Crippen molar-refractivity contribution in [3.8, 4) is 0 Å². The summed E-state index contributed by atoms with van der Waals surface area (Å²) in [5.74, 6) is 0. The van der Waals surface area contributed by atoms with E-state index in [1.54, 1.807) is 0 Å². The molecule has 90 valence electrons. The van der Waals surface area contributed by atoms with Gasteiger partial charge in [0, 0.05) is 24.8 Å². The van der Waals surface area contributed by atoms with E-state index in [2.05, 4.69) is 0 Å². The monoisotopic (exact) mass is 221 g/mol. The second kappa shape index (κ2) is 7.77. The standard InChI is InChI=1S/C9H15F2NO.C2H6/c1-3-13-6-8-4-7(9(10)11)5-12(8)2;1-2/h8H,3-6H2,1-2H3;1-2H3. The van der Waals surface area contributed by atoms with Gasteiger partial charge >= 0.3 is 0 Å². The first-order valence-electron chi connectivity index (χ1n) is 5.46. The third-order valence-corrected chi connectivity index (χ3v) is 2.33. The van der Waals surface area contributed by atoms with Crippen LogP contribution in [-0.4, -0.2) is 37.7 Å². The Kier molecular flexibility index (Phi) is 7.52. The molecule has 0 spiro atoms. The average Bonchev–Trinajstić information content (AvgIpc) is 2.60. The maximum Gasteiger partial charge on any atom is 0.270 e. The van der Waals surface area contributed by atoms with E-state index in [1.165, 1.54) is 0 Å². The van der Waals surface area contributed by atoms with Crippen LogP contribution in [0.4, 0.5) is 8.78 Å². The van der Waals surface area contributed by atoms with Crippen LogP contribution in [0.25, 0.3) is 0 Å². The summed E-state index contributed by atoms with van der Waals surface area (Å²) in [6.07, 6.45) is -1.08. The lowest BCUT2D eigenvalue weighted by atomic mass is 10.2. The average molecular weight is 221 g/mol. The zero-order chi connectivity index (χ0) is 11.8. The molecule has 1 aliphatic rings. The van der Waals surface area contributed by atoms with E-state index >= 15 is 0 Å². The Morgan fingerprint density at radius 2 is 2.07 bits per heavy atom. The highest BCUT2D eigenvalue weighted by atomic mass is 19.3. The van der Waals surface area contributed by atoms with E-state index in [1.807, 2.05) is 32.7 Å². The molecular weight excluding hydrogens is 200 g/mol. The minimum atomic E-state index is -1.52. The molecule has 0 bridgehead atoms. The fourth-order valence-electron chi connectivity index (χ4n) is 1.51. The normalized spacial score (nSPS) is 21.2. The Morgan fingerprint density at radius 1 is 1.47 bits per heavy atom. The summed E-state index contributed by atoms with van der Waals surface area (Å²) in [5, 5.41) is 0. The number of halogens is 2. The molecule has 2 nitrogen and oxygen atoms in total. The summed E-state index contributed by atoms with van der Waals surface area (Å²) in [5.41, 5.74) is 0.257. The van der Waals surface area contributed by atoms with Crippen molar-refractivity contribution >= 4 is 0 Å². The van der Waals surface area contributed by atoms with Gasteiger partial charge in [-0.25, -0.2) is 0 Å². The summed E-state index contributed by atoms with van der Waals surface area (Å²) >= 11 is 0. The molecular formula is C11H21F2NO. The van der Waals surface area contributed by atoms with E-state index in [0.717, 1.165) is 0 Å². The van der Waals surface area contributed by atoms with Crippen LogP contribution in [0.3, 0.4) is 0 Å². The van der Waals surface area contributed by atoms with E-state index in [-0.39, 0.29) is 11.6 Å². The number of hydrogen-bond donors (Lipinski definition) is 0. The van der Waals surface area contributed by atoms with Crippen molar-refractivity contribution in [2.45, 2.75) is 33.2 Å². The van der Waals surface area contributed by atoms with Gasteiger partial charge in [0.1, 0.15) is 0 Å². The molecule has 0 N–H and O–H groups in total. The molecule has 1 rings (SSSR count). The Hall–Kier alpha value is -0.480. The molecule has 0 radical (unpaired) electrons. The highest BCUT2D eigenvalue weighted by Gasteiger charge is 2.27. The van der Waals surface area contributed by atoms with Crippen LogP contribution < -0.4 is 0 Å². The SMILES string of the molecule is CC.CCOCC1CC(=C(F)F)CN1C. The first-order valence-corrected chi connectivity index (χ1v) is 5.46. The van der Waals surface area contributed by atoms with E-state index in [0.29, 0.717) is 26.2 Å². The quantitative estimate of drug-likeness (QED) is 0.726. The lowest BCUT2D eigenvalue weighted by Gasteiger charge is -2.17. The molecule has 0 aromatic carbocycles. The van der Waals surface area contributed by atoms with Gasteiger partial charge in [-0.1, -0.05) is 13.8 Å². The molecule has 1 saturated heterocycles. The Balaban J connectivity index is 0.000000921. The van der Waals surface area contributed by atoms with Crippen LogP contribution >= 0.6 is 0 Å². The molecule has 1 unspecified atom stereocenters. The fraction of sp³-hybridized carbons (Fsp3) is 0.818. The molecule has 1 fully saturated rings. The molecule has 0 aromatic heterocycles. The third-order valence-electron chi connectivity index (χ3n) is 2.33. The van der Waals surface area contributed by atoms with Crippen LogP contribution in [0, 0.1) is 0 Å². The van der Waals surface area contributed by atoms with Crippen molar-refractivity contribution < 1.29 is 13.5 Å². The largest absolute Gasteiger partial charge is 0.380 e. The van der Waals surface area contributed by atoms with Crippen molar-refractivity contribution in [2.24, 2.45) is 0 Å². The van der Waals surface area contributed by atoms with Crippen molar-refractivity contribution in [3.63, 3.8) is 0 Å². The summed E-state index contributed by atoms with van der Waals surface area (Å²) < 4.78 is 29.6. The molecule has 4 heteroatoms. The number of rotatable bonds is 3. The van der Waals surface area contributed by atoms with Crippen molar-refractivity contribution in [2.75, 3.05) is 26.8 Å². The summed E-state index contributed by atoms with van der Waals surface area (Å²) in [6.45, 7) is 7.47. The molecule has 1 atom stereocenters. The van der Waals surface area contributed by atoms with Gasteiger partial charge in [0.25, 0.3) is 6.08 Å². The van der Waals surface area contributed by atoms with Crippen LogP contribution in [-0.2, 0) is 4.74 Å². The predicted molar refractivity (Wildman–Crippen MR) is 58.1 cm³/mol. The minimum Gasteiger partial charge on any atom is -0.380 e. The molecule has 1 aliphatic heterocycles. The van der Waals surface area contributed by atoms with Gasteiger partial charge in [0.05, 0.1) is 6.61 Å². The summed E-state index contributed by atoms with van der Waals surface area (Å²) in [6, 6.07) is 0.122. The van der Waals surface area contributed by atoms with Gasteiger partial charge in [-0.05, 0) is 20.4 Å². The van der Waals surface area contributed by atoms with E-state index in [9.17, 15) is 8.78 Å². The molecule has 15 heavy (non-hydrogen) atoms. The highest BCUT2D eigenvalue weighted by molar-refractivity contribution is 5.12. The smallest absolute Gasteiger partial charge is 0.270 e. The second-order valence-electron chi connectivity index (χ2n) is 3.30. The van der Waals surface area contributed by atoms with Gasteiger partial charge in [0.15, 0.2) is 0 Å². The highest BCUT2D eigenvalue weighted by Crippen LogP contribution is 2.25. The number of ether oxygens (including phenoxy) is 1. The van der Waals surface area contributed by atoms with Crippen LogP contribution in [0.2, 0.25) is 0 Å². The van der Waals surface area contributed by atoms with Crippen molar-refractivity contribution in [1.82, 2.24) is 4.90 Å². The Labute approximate surface area is 90.9 Å². The van der Waals surface area contributed by atoms with Gasteiger partial charge in [-0.2, -0.15) is 8.78 Å². The van der Waals surface area contributed by atoms with Crippen LogP contribution in [0.15, 0.2) is 11.7 Å². The zero-order valence-electron chi connectivity index (χ0n) is 10.0.